The van der Waals surface area contributed by atoms with Crippen LogP contribution in [0, 0.1) is 12.8 Å². The quantitative estimate of drug-likeness (QED) is 0.424. The number of anilines is 1. The van der Waals surface area contributed by atoms with Gasteiger partial charge in [-0.2, -0.15) is 0 Å². The molecule has 1 aliphatic carbocycles. The third-order valence-corrected chi connectivity index (χ3v) is 4.93. The summed E-state index contributed by atoms with van der Waals surface area (Å²) in [5.41, 5.74) is 1.08. The highest BCUT2D eigenvalue weighted by Gasteiger charge is 2.22. The lowest BCUT2D eigenvalue weighted by Crippen LogP contribution is -2.49. The van der Waals surface area contributed by atoms with E-state index in [0.29, 0.717) is 19.2 Å². The fourth-order valence-electron chi connectivity index (χ4n) is 3.23. The second-order valence-corrected chi connectivity index (χ2v) is 7.32. The van der Waals surface area contributed by atoms with Gasteiger partial charge < -0.3 is 20.3 Å². The van der Waals surface area contributed by atoms with Gasteiger partial charge in [-0.3, -0.25) is 4.99 Å². The van der Waals surface area contributed by atoms with Gasteiger partial charge in [-0.05, 0) is 57.6 Å². The Morgan fingerprint density at radius 3 is 2.77 bits per heavy atom. The number of nitrogens with zero attached hydrogens (tertiary/aromatic N) is 3. The zero-order valence-corrected chi connectivity index (χ0v) is 16.2. The number of pyridine rings is 1. The molecule has 0 amide bonds. The van der Waals surface area contributed by atoms with Crippen molar-refractivity contribution in [2.75, 3.05) is 44.3 Å². The maximum atomic E-state index is 5.67. The molecule has 2 fully saturated rings. The van der Waals surface area contributed by atoms with Gasteiger partial charge in [0, 0.05) is 38.0 Å². The van der Waals surface area contributed by atoms with E-state index in [1.165, 1.54) is 12.8 Å². The zero-order chi connectivity index (χ0) is 18.2. The molecule has 6 nitrogen and oxygen atoms in total. The Morgan fingerprint density at radius 2 is 2.08 bits per heavy atom. The van der Waals surface area contributed by atoms with Gasteiger partial charge >= 0.3 is 0 Å². The summed E-state index contributed by atoms with van der Waals surface area (Å²) in [5.74, 6) is 2.82. The number of ether oxygens (including phenoxy) is 1. The summed E-state index contributed by atoms with van der Waals surface area (Å²) in [6, 6.07) is 6.70. The minimum atomic E-state index is 0.459. The molecule has 0 spiro atoms. The average Bonchev–Trinajstić information content (AvgIpc) is 3.46. The Balaban J connectivity index is 1.41. The summed E-state index contributed by atoms with van der Waals surface area (Å²) in [5, 5.41) is 6.94. The first kappa shape index (κ1) is 19.0. The normalized spacial score (nSPS) is 18.8. The molecule has 2 heterocycles. The Kier molecular flexibility index (Phi) is 7.12. The fourth-order valence-corrected chi connectivity index (χ4v) is 3.23. The van der Waals surface area contributed by atoms with Crippen LogP contribution in [0.1, 0.15) is 38.3 Å². The predicted molar refractivity (Wildman–Crippen MR) is 107 cm³/mol. The lowest BCUT2D eigenvalue weighted by Gasteiger charge is -2.34. The number of guanidine groups is 1. The van der Waals surface area contributed by atoms with Gasteiger partial charge in [0.25, 0.3) is 0 Å². The second-order valence-electron chi connectivity index (χ2n) is 7.32. The van der Waals surface area contributed by atoms with Gasteiger partial charge in [0.1, 0.15) is 5.82 Å². The van der Waals surface area contributed by atoms with Crippen molar-refractivity contribution in [1.82, 2.24) is 15.6 Å². The minimum Gasteiger partial charge on any atom is -0.379 e. The third kappa shape index (κ3) is 6.16. The van der Waals surface area contributed by atoms with E-state index in [9.17, 15) is 0 Å². The van der Waals surface area contributed by atoms with Crippen molar-refractivity contribution in [1.29, 1.82) is 0 Å². The van der Waals surface area contributed by atoms with E-state index in [1.807, 2.05) is 13.0 Å². The molecule has 144 valence electrons. The van der Waals surface area contributed by atoms with E-state index < -0.39 is 0 Å². The van der Waals surface area contributed by atoms with Crippen LogP contribution >= 0.6 is 0 Å². The highest BCUT2D eigenvalue weighted by Crippen LogP contribution is 2.28. The number of aliphatic imine (C=N–C) groups is 1. The van der Waals surface area contributed by atoms with Gasteiger partial charge in [0.05, 0.1) is 13.2 Å². The molecule has 6 heteroatoms. The smallest absolute Gasteiger partial charge is 0.191 e. The van der Waals surface area contributed by atoms with E-state index in [-0.39, 0.29) is 0 Å². The Morgan fingerprint density at radius 1 is 1.27 bits per heavy atom. The molecule has 0 atom stereocenters. The number of nitrogens with one attached hydrogen (secondary N) is 2. The van der Waals surface area contributed by atoms with Crippen LogP contribution in [0.2, 0.25) is 0 Å². The lowest BCUT2D eigenvalue weighted by atomic mass is 10.1. The first-order valence-corrected chi connectivity index (χ1v) is 10.1. The van der Waals surface area contributed by atoms with E-state index in [1.54, 1.807) is 0 Å². The molecular formula is C20H33N5O. The molecule has 1 aromatic rings. The van der Waals surface area contributed by atoms with Crippen LogP contribution < -0.4 is 15.5 Å². The van der Waals surface area contributed by atoms with Gasteiger partial charge in [-0.15, -0.1) is 0 Å². The van der Waals surface area contributed by atoms with Gasteiger partial charge in [-0.1, -0.05) is 6.07 Å². The number of hydrogen-bond donors (Lipinski definition) is 2. The van der Waals surface area contributed by atoms with Crippen molar-refractivity contribution in [3.63, 3.8) is 0 Å². The largest absolute Gasteiger partial charge is 0.379 e. The van der Waals surface area contributed by atoms with Crippen molar-refractivity contribution in [2.45, 2.75) is 45.6 Å². The molecule has 2 aliphatic rings. The van der Waals surface area contributed by atoms with Crippen LogP contribution in [-0.2, 0) is 4.74 Å². The summed E-state index contributed by atoms with van der Waals surface area (Å²) in [6.07, 6.45) is 4.87. The maximum absolute atomic E-state index is 5.67. The predicted octanol–water partition coefficient (Wildman–Crippen LogP) is 2.34. The molecular weight excluding hydrogens is 326 g/mol. The van der Waals surface area contributed by atoms with Crippen LogP contribution in [0.15, 0.2) is 23.2 Å². The summed E-state index contributed by atoms with van der Waals surface area (Å²) < 4.78 is 5.67. The van der Waals surface area contributed by atoms with E-state index in [4.69, 9.17) is 4.74 Å². The minimum absolute atomic E-state index is 0.459. The maximum Gasteiger partial charge on any atom is 0.191 e. The number of piperidine rings is 1. The van der Waals surface area contributed by atoms with Crippen molar-refractivity contribution >= 4 is 11.8 Å². The summed E-state index contributed by atoms with van der Waals surface area (Å²) in [7, 11) is 0. The molecule has 2 N–H and O–H groups in total. The van der Waals surface area contributed by atoms with Crippen molar-refractivity contribution in [3.05, 3.63) is 23.9 Å². The number of hydrogen-bond acceptors (Lipinski definition) is 4. The molecule has 3 rings (SSSR count). The van der Waals surface area contributed by atoms with Gasteiger partial charge in [-0.25, -0.2) is 4.98 Å². The summed E-state index contributed by atoms with van der Waals surface area (Å²) in [6.45, 7) is 9.42. The molecule has 1 saturated heterocycles. The van der Waals surface area contributed by atoms with Gasteiger partial charge in [0.2, 0.25) is 0 Å². The first-order valence-electron chi connectivity index (χ1n) is 10.1. The summed E-state index contributed by atoms with van der Waals surface area (Å²) >= 11 is 0. The zero-order valence-electron chi connectivity index (χ0n) is 16.2. The lowest BCUT2D eigenvalue weighted by molar-refractivity contribution is 0.131. The van der Waals surface area contributed by atoms with Gasteiger partial charge in [0.15, 0.2) is 5.96 Å². The second kappa shape index (κ2) is 9.76. The van der Waals surface area contributed by atoms with Crippen LogP contribution in [0.5, 0.6) is 0 Å². The van der Waals surface area contributed by atoms with E-state index in [2.05, 4.69) is 44.6 Å². The fraction of sp³-hybridized carbons (Fsp3) is 0.700. The Hall–Kier alpha value is -1.82. The van der Waals surface area contributed by atoms with Crippen LogP contribution in [0.4, 0.5) is 5.82 Å². The highest BCUT2D eigenvalue weighted by molar-refractivity contribution is 5.80. The van der Waals surface area contributed by atoms with E-state index in [0.717, 1.165) is 62.5 Å². The number of aromatic nitrogens is 1. The SMILES string of the molecule is CCNC(=NCCOCC1CC1)NC1CCN(c2cccc(C)n2)CC1. The molecule has 0 unspecified atom stereocenters. The van der Waals surface area contributed by atoms with Crippen molar-refractivity contribution in [2.24, 2.45) is 10.9 Å². The standard InChI is InChI=1S/C20H33N5O/c1-3-21-20(22-11-14-26-15-17-7-8-17)24-18-9-12-25(13-10-18)19-6-4-5-16(2)23-19/h4-6,17-18H,3,7-15H2,1-2H3,(H2,21,22,24). The molecule has 1 saturated carbocycles. The van der Waals surface area contributed by atoms with Crippen LogP contribution in [0.3, 0.4) is 0 Å². The van der Waals surface area contributed by atoms with Crippen LogP contribution in [0.25, 0.3) is 0 Å². The molecule has 0 bridgehead atoms. The highest BCUT2D eigenvalue weighted by atomic mass is 16.5. The van der Waals surface area contributed by atoms with Crippen molar-refractivity contribution in [3.8, 4) is 0 Å². The monoisotopic (exact) mass is 359 g/mol. The third-order valence-electron chi connectivity index (χ3n) is 4.93. The molecule has 26 heavy (non-hydrogen) atoms. The van der Waals surface area contributed by atoms with Crippen molar-refractivity contribution < 1.29 is 4.74 Å². The topological polar surface area (TPSA) is 61.8 Å². The molecule has 0 aromatic carbocycles. The van der Waals surface area contributed by atoms with Crippen LogP contribution in [-0.4, -0.2) is 56.4 Å². The number of aryl methyl sites for hydroxylation is 1. The average molecular weight is 360 g/mol. The Labute approximate surface area is 157 Å². The number of rotatable bonds is 8. The molecule has 1 aromatic heterocycles. The molecule has 0 radical (unpaired) electrons. The Bertz CT molecular complexity index is 579. The molecule has 1 aliphatic heterocycles. The first-order chi connectivity index (χ1) is 12.7. The van der Waals surface area contributed by atoms with E-state index >= 15 is 0 Å². The summed E-state index contributed by atoms with van der Waals surface area (Å²) in [4.78, 5) is 11.7.